The van der Waals surface area contributed by atoms with Crippen LogP contribution in [-0.2, 0) is 10.8 Å². The Morgan fingerprint density at radius 3 is 2.64 bits per heavy atom. The summed E-state index contributed by atoms with van der Waals surface area (Å²) in [7, 11) is -0.831. The van der Waals surface area contributed by atoms with E-state index in [0.29, 0.717) is 18.2 Å². The van der Waals surface area contributed by atoms with E-state index in [1.165, 1.54) is 12.4 Å². The Hall–Kier alpha value is -1.17. The van der Waals surface area contributed by atoms with Gasteiger partial charge >= 0.3 is 0 Å². The van der Waals surface area contributed by atoms with E-state index in [4.69, 9.17) is 5.73 Å². The van der Waals surface area contributed by atoms with Crippen molar-refractivity contribution in [2.75, 3.05) is 23.9 Å². The first-order chi connectivity index (χ1) is 6.59. The largest absolute Gasteiger partial charge is 0.396 e. The molecule has 1 aromatic heterocycles. The van der Waals surface area contributed by atoms with Gasteiger partial charge in [-0.3, -0.25) is 4.21 Å². The van der Waals surface area contributed by atoms with Gasteiger partial charge in [-0.2, -0.15) is 0 Å². The molecule has 0 aliphatic carbocycles. The lowest BCUT2D eigenvalue weighted by molar-refractivity contribution is 0.678. The summed E-state index contributed by atoms with van der Waals surface area (Å²) in [4.78, 5) is 7.93. The SMILES string of the molecule is CC(CNc1ncc(N)cn1)S(C)=O. The molecule has 1 heterocycles. The molecule has 0 amide bonds. The smallest absolute Gasteiger partial charge is 0.222 e. The molecular weight excluding hydrogens is 200 g/mol. The number of nitrogen functional groups attached to an aromatic ring is 1. The predicted octanol–water partition coefficient (Wildman–Crippen LogP) is 0.238. The van der Waals surface area contributed by atoms with Crippen LogP contribution in [-0.4, -0.2) is 32.2 Å². The van der Waals surface area contributed by atoms with Gasteiger partial charge in [-0.05, 0) is 6.92 Å². The summed E-state index contributed by atoms with van der Waals surface area (Å²) in [6.45, 7) is 2.49. The number of hydrogen-bond acceptors (Lipinski definition) is 5. The topological polar surface area (TPSA) is 80.9 Å². The monoisotopic (exact) mass is 214 g/mol. The average Bonchev–Trinajstić information content (AvgIpc) is 2.16. The second-order valence-corrected chi connectivity index (χ2v) is 4.83. The van der Waals surface area contributed by atoms with Crippen LogP contribution in [0.15, 0.2) is 12.4 Å². The van der Waals surface area contributed by atoms with Crippen LogP contribution in [0.2, 0.25) is 0 Å². The Bertz CT molecular complexity index is 314. The first-order valence-electron chi connectivity index (χ1n) is 4.23. The molecule has 0 aromatic carbocycles. The number of aromatic nitrogens is 2. The maximum absolute atomic E-state index is 11.0. The normalized spacial score (nSPS) is 14.7. The van der Waals surface area contributed by atoms with Gasteiger partial charge in [0.25, 0.3) is 0 Å². The Balaban J connectivity index is 2.46. The van der Waals surface area contributed by atoms with Crippen LogP contribution < -0.4 is 11.1 Å². The molecule has 2 atom stereocenters. The van der Waals surface area contributed by atoms with Crippen LogP contribution in [0.1, 0.15) is 6.92 Å². The molecule has 0 bridgehead atoms. The first kappa shape index (κ1) is 10.9. The Morgan fingerprint density at radius 1 is 1.57 bits per heavy atom. The summed E-state index contributed by atoms with van der Waals surface area (Å²) in [5.74, 6) is 0.511. The number of anilines is 2. The highest BCUT2D eigenvalue weighted by Crippen LogP contribution is 2.01. The third-order valence-electron chi connectivity index (χ3n) is 1.79. The zero-order valence-corrected chi connectivity index (χ0v) is 9.04. The number of nitrogens with two attached hydrogens (primary N) is 1. The lowest BCUT2D eigenvalue weighted by Crippen LogP contribution is -2.21. The van der Waals surface area contributed by atoms with Gasteiger partial charge in [-0.1, -0.05) is 0 Å². The van der Waals surface area contributed by atoms with Crippen molar-refractivity contribution in [2.24, 2.45) is 0 Å². The molecule has 0 saturated heterocycles. The van der Waals surface area contributed by atoms with E-state index in [9.17, 15) is 4.21 Å². The van der Waals surface area contributed by atoms with Crippen LogP contribution in [0.25, 0.3) is 0 Å². The van der Waals surface area contributed by atoms with E-state index in [1.807, 2.05) is 6.92 Å². The van der Waals surface area contributed by atoms with Gasteiger partial charge in [0.1, 0.15) is 0 Å². The minimum atomic E-state index is -0.831. The van der Waals surface area contributed by atoms with Crippen LogP contribution in [0.3, 0.4) is 0 Å². The molecule has 78 valence electrons. The van der Waals surface area contributed by atoms with E-state index in [1.54, 1.807) is 6.26 Å². The lowest BCUT2D eigenvalue weighted by atomic mass is 10.5. The van der Waals surface area contributed by atoms with E-state index in [2.05, 4.69) is 15.3 Å². The molecule has 0 fully saturated rings. The van der Waals surface area contributed by atoms with E-state index < -0.39 is 10.8 Å². The van der Waals surface area contributed by atoms with Crippen molar-refractivity contribution >= 4 is 22.4 Å². The summed E-state index contributed by atoms with van der Waals surface area (Å²) in [5.41, 5.74) is 5.96. The molecular formula is C8H14N4OS. The summed E-state index contributed by atoms with van der Waals surface area (Å²) < 4.78 is 11.0. The molecule has 6 heteroatoms. The zero-order chi connectivity index (χ0) is 10.6. The van der Waals surface area contributed by atoms with Crippen molar-refractivity contribution in [1.29, 1.82) is 0 Å². The van der Waals surface area contributed by atoms with Crippen LogP contribution in [0, 0.1) is 0 Å². The lowest BCUT2D eigenvalue weighted by Gasteiger charge is -2.09. The van der Waals surface area contributed by atoms with E-state index >= 15 is 0 Å². The van der Waals surface area contributed by atoms with Gasteiger partial charge in [-0.15, -0.1) is 0 Å². The second kappa shape index (κ2) is 4.90. The maximum Gasteiger partial charge on any atom is 0.222 e. The van der Waals surface area contributed by atoms with Crippen LogP contribution in [0.4, 0.5) is 11.6 Å². The van der Waals surface area contributed by atoms with Crippen molar-refractivity contribution in [3.63, 3.8) is 0 Å². The Morgan fingerprint density at radius 2 is 2.14 bits per heavy atom. The fraction of sp³-hybridized carbons (Fsp3) is 0.500. The molecule has 0 aliphatic rings. The molecule has 0 aliphatic heterocycles. The predicted molar refractivity (Wildman–Crippen MR) is 58.5 cm³/mol. The van der Waals surface area contributed by atoms with Gasteiger partial charge in [-0.25, -0.2) is 9.97 Å². The van der Waals surface area contributed by atoms with Gasteiger partial charge < -0.3 is 11.1 Å². The molecule has 0 spiro atoms. The average molecular weight is 214 g/mol. The highest BCUT2D eigenvalue weighted by Gasteiger charge is 2.05. The van der Waals surface area contributed by atoms with Gasteiger partial charge in [0.15, 0.2) is 0 Å². The van der Waals surface area contributed by atoms with E-state index in [0.717, 1.165) is 0 Å². The highest BCUT2D eigenvalue weighted by atomic mass is 32.2. The molecule has 0 saturated carbocycles. The quantitative estimate of drug-likeness (QED) is 0.750. The molecule has 1 aromatic rings. The number of nitrogens with one attached hydrogen (secondary N) is 1. The van der Waals surface area contributed by atoms with Gasteiger partial charge in [0, 0.05) is 28.9 Å². The van der Waals surface area contributed by atoms with Gasteiger partial charge in [0.05, 0.1) is 18.1 Å². The molecule has 2 unspecified atom stereocenters. The summed E-state index contributed by atoms with van der Waals surface area (Å²) in [5, 5.41) is 3.06. The third kappa shape index (κ3) is 3.29. The van der Waals surface area contributed by atoms with Crippen molar-refractivity contribution in [2.45, 2.75) is 12.2 Å². The number of nitrogens with zero attached hydrogens (tertiary/aromatic N) is 2. The van der Waals surface area contributed by atoms with Crippen molar-refractivity contribution in [3.8, 4) is 0 Å². The van der Waals surface area contributed by atoms with Gasteiger partial charge in [0.2, 0.25) is 5.95 Å². The van der Waals surface area contributed by atoms with Crippen LogP contribution >= 0.6 is 0 Å². The number of hydrogen-bond donors (Lipinski definition) is 2. The van der Waals surface area contributed by atoms with Crippen molar-refractivity contribution < 1.29 is 4.21 Å². The molecule has 14 heavy (non-hydrogen) atoms. The minimum Gasteiger partial charge on any atom is -0.396 e. The second-order valence-electron chi connectivity index (χ2n) is 3.03. The maximum atomic E-state index is 11.0. The zero-order valence-electron chi connectivity index (χ0n) is 8.23. The van der Waals surface area contributed by atoms with Crippen LogP contribution in [0.5, 0.6) is 0 Å². The number of rotatable bonds is 4. The molecule has 1 rings (SSSR count). The fourth-order valence-electron chi connectivity index (χ4n) is 0.782. The minimum absolute atomic E-state index is 0.0798. The fourth-order valence-corrected chi connectivity index (χ4v) is 1.10. The third-order valence-corrected chi connectivity index (χ3v) is 3.09. The molecule has 3 N–H and O–H groups in total. The van der Waals surface area contributed by atoms with E-state index in [-0.39, 0.29) is 5.25 Å². The summed E-state index contributed by atoms with van der Waals surface area (Å²) >= 11 is 0. The summed E-state index contributed by atoms with van der Waals surface area (Å²) in [6.07, 6.45) is 4.74. The molecule has 0 radical (unpaired) electrons. The first-order valence-corrected chi connectivity index (χ1v) is 5.85. The Kier molecular flexibility index (Phi) is 3.82. The Labute approximate surface area is 85.6 Å². The van der Waals surface area contributed by atoms with Crippen molar-refractivity contribution in [3.05, 3.63) is 12.4 Å². The van der Waals surface area contributed by atoms with Crippen molar-refractivity contribution in [1.82, 2.24) is 9.97 Å². The highest BCUT2D eigenvalue weighted by molar-refractivity contribution is 7.84. The molecule has 5 nitrogen and oxygen atoms in total. The standard InChI is InChI=1S/C8H14N4OS/c1-6(14(2)13)3-10-8-11-4-7(9)5-12-8/h4-6H,3,9H2,1-2H3,(H,10,11,12). The summed E-state index contributed by atoms with van der Waals surface area (Å²) in [6, 6.07) is 0.